The number of hydrogen-bond donors (Lipinski definition) is 0. The summed E-state index contributed by atoms with van der Waals surface area (Å²) in [6, 6.07) is 0. The molecule has 0 fully saturated rings. The molecule has 0 saturated heterocycles. The Morgan fingerprint density at radius 1 is 1.80 bits per heavy atom. The number of carboxylic acid groups (broad SMARTS) is 1. The van der Waals surface area contributed by atoms with Crippen LogP contribution in [0.3, 0.4) is 0 Å². The van der Waals surface area contributed by atoms with E-state index >= 15 is 0 Å². The molecule has 0 rings (SSSR count). The molecule has 0 aromatic rings. The van der Waals surface area contributed by atoms with Gasteiger partial charge in [-0.25, -0.2) is 0 Å². The van der Waals surface area contributed by atoms with Gasteiger partial charge >= 0.3 is 16.5 Å². The van der Waals surface area contributed by atoms with Gasteiger partial charge in [-0.1, -0.05) is 5.30 Å². The zero-order valence-corrected chi connectivity index (χ0v) is 3.85. The normalized spacial score (nSPS) is 4.80. The zero-order valence-electron chi connectivity index (χ0n) is 2.04. The maximum atomic E-state index is 8.70. The van der Waals surface area contributed by atoms with Crippen molar-refractivity contribution in [2.75, 3.05) is 0 Å². The van der Waals surface area contributed by atoms with Crippen LogP contribution in [0.25, 0.3) is 0 Å². The smallest absolute Gasteiger partial charge is 0.764 e. The van der Waals surface area contributed by atoms with Crippen molar-refractivity contribution in [2.45, 2.75) is 0 Å². The molecule has 0 bridgehead atoms. The maximum absolute atomic E-state index is 8.70. The van der Waals surface area contributed by atoms with E-state index in [1.54, 1.807) is 0 Å². The van der Waals surface area contributed by atoms with E-state index in [0.717, 1.165) is 0 Å². The molecule has 0 atom stereocenters. The number of rotatable bonds is 0. The quantitative estimate of drug-likeness (QED) is 0.311. The summed E-state index contributed by atoms with van der Waals surface area (Å²) in [5, 5.41) is 7.20. The molecular weight excluding hydrogens is 135 g/mol. The van der Waals surface area contributed by atoms with Crippen LogP contribution < -0.4 is 5.11 Å². The van der Waals surface area contributed by atoms with Crippen LogP contribution in [-0.2, 0) is 29.1 Å². The van der Waals surface area contributed by atoms with Gasteiger partial charge in [0.1, 0.15) is 0 Å². The van der Waals surface area contributed by atoms with Gasteiger partial charge in [-0.3, -0.25) is 0 Å². The molecule has 0 N–H and O–H groups in total. The first-order valence-corrected chi connectivity index (χ1v) is 1.02. The van der Waals surface area contributed by atoms with Crippen LogP contribution in [0.5, 0.6) is 0 Å². The fourth-order valence-corrected chi connectivity index (χ4v) is 0. The summed E-state index contributed by atoms with van der Waals surface area (Å²) in [5.41, 5.74) is 0. The number of carbonyl (C=O) groups excluding carboxylic acids is 1. The minimum atomic E-state index is -1.50. The van der Waals surface area contributed by atoms with E-state index in [2.05, 4.69) is 12.6 Å². The van der Waals surface area contributed by atoms with Crippen molar-refractivity contribution in [3.63, 3.8) is 0 Å². The molecule has 0 unspecified atom stereocenters. The van der Waals surface area contributed by atoms with Gasteiger partial charge in [0.05, 0.1) is 0 Å². The van der Waals surface area contributed by atoms with Crippen LogP contribution >= 0.6 is 0 Å². The molecule has 0 spiro atoms. The van der Waals surface area contributed by atoms with Crippen LogP contribution in [0.1, 0.15) is 0 Å². The summed E-state index contributed by atoms with van der Waals surface area (Å²) in [5.74, 6) is 0. The second kappa shape index (κ2) is 4.18. The molecule has 0 aliphatic rings. The van der Waals surface area contributed by atoms with Crippen molar-refractivity contribution in [3.05, 3.63) is 0 Å². The van der Waals surface area contributed by atoms with Gasteiger partial charge in [0.15, 0.2) is 0 Å². The standard InChI is InChI=1S/CH2O2S.Ni/c2-1(3)4;/h4H,(H,2,3);/q;+2/p-2. The van der Waals surface area contributed by atoms with E-state index < -0.39 is 5.30 Å². The molecule has 0 heterocycles. The summed E-state index contributed by atoms with van der Waals surface area (Å²) >= 11 is 3.43. The fraction of sp³-hybridized carbons (Fsp3) is 0. The number of carbonyl (C=O) groups is 1. The molecule has 5 heavy (non-hydrogen) atoms. The summed E-state index contributed by atoms with van der Waals surface area (Å²) in [7, 11) is 0. The van der Waals surface area contributed by atoms with Crippen molar-refractivity contribution < 1.29 is 26.4 Å². The molecule has 32 valence electrons. The Hall–Kier alpha value is 0.184. The first-order chi connectivity index (χ1) is 1.73. The first kappa shape index (κ1) is 8.95. The first-order valence-electron chi connectivity index (χ1n) is 0.612. The van der Waals surface area contributed by atoms with Gasteiger partial charge < -0.3 is 22.5 Å². The summed E-state index contributed by atoms with van der Waals surface area (Å²) in [4.78, 5) is 8.70. The zero-order chi connectivity index (χ0) is 3.58. The van der Waals surface area contributed by atoms with Gasteiger partial charge in [-0.2, -0.15) is 0 Å². The summed E-state index contributed by atoms with van der Waals surface area (Å²) < 4.78 is 0. The Morgan fingerprint density at radius 2 is 1.80 bits per heavy atom. The van der Waals surface area contributed by atoms with Crippen LogP contribution in [0.4, 0.5) is 4.79 Å². The number of hydrogen-bond acceptors (Lipinski definition) is 3. The van der Waals surface area contributed by atoms with Crippen molar-refractivity contribution in [1.82, 2.24) is 0 Å². The van der Waals surface area contributed by atoms with Crippen molar-refractivity contribution in [1.29, 1.82) is 0 Å². The van der Waals surface area contributed by atoms with E-state index in [9.17, 15) is 0 Å². The van der Waals surface area contributed by atoms with Crippen LogP contribution in [0.2, 0.25) is 0 Å². The maximum Gasteiger partial charge on any atom is 2.00 e. The molecule has 0 aliphatic heterocycles. The summed E-state index contributed by atoms with van der Waals surface area (Å²) in [6.45, 7) is 0. The van der Waals surface area contributed by atoms with Crippen molar-refractivity contribution in [2.24, 2.45) is 0 Å². The predicted octanol–water partition coefficient (Wildman–Crippen LogP) is -1.13. The Kier molecular flexibility index (Phi) is 7.49. The molecular formula is CNiO2S. The monoisotopic (exact) mass is 134 g/mol. The van der Waals surface area contributed by atoms with Gasteiger partial charge in [0.25, 0.3) is 0 Å². The van der Waals surface area contributed by atoms with E-state index in [4.69, 9.17) is 9.90 Å². The Morgan fingerprint density at radius 3 is 1.80 bits per heavy atom. The Balaban J connectivity index is 0. The molecule has 0 saturated carbocycles. The molecule has 0 aromatic heterocycles. The molecule has 0 aliphatic carbocycles. The topological polar surface area (TPSA) is 40.1 Å². The van der Waals surface area contributed by atoms with Gasteiger partial charge in [-0.05, 0) is 0 Å². The predicted molar refractivity (Wildman–Crippen MR) is 12.8 cm³/mol. The average molecular weight is 135 g/mol. The minimum absolute atomic E-state index is 0. The summed E-state index contributed by atoms with van der Waals surface area (Å²) in [6.07, 6.45) is 0. The SMILES string of the molecule is O=C([O-])[S-].[Ni+2]. The van der Waals surface area contributed by atoms with Gasteiger partial charge in [0.2, 0.25) is 0 Å². The van der Waals surface area contributed by atoms with E-state index in [-0.39, 0.29) is 16.5 Å². The third-order valence-electron chi connectivity index (χ3n) is 0. The fourth-order valence-electron chi connectivity index (χ4n) is 0. The van der Waals surface area contributed by atoms with E-state index in [1.807, 2.05) is 0 Å². The van der Waals surface area contributed by atoms with Crippen molar-refractivity contribution >= 4 is 17.9 Å². The molecule has 4 heteroatoms. The van der Waals surface area contributed by atoms with E-state index in [0.29, 0.717) is 0 Å². The third kappa shape index (κ3) is 592. The molecule has 0 radical (unpaired) electrons. The Bertz CT molecular complexity index is 32.6. The largest absolute Gasteiger partial charge is 2.00 e. The molecule has 0 aromatic carbocycles. The van der Waals surface area contributed by atoms with Crippen molar-refractivity contribution in [3.8, 4) is 0 Å². The van der Waals surface area contributed by atoms with E-state index in [1.165, 1.54) is 0 Å². The second-order valence-corrected chi connectivity index (χ2v) is 0.583. The van der Waals surface area contributed by atoms with Crippen LogP contribution in [0, 0.1) is 0 Å². The average Bonchev–Trinajstić information content (AvgIpc) is 0.811. The van der Waals surface area contributed by atoms with Gasteiger partial charge in [-0.15, -0.1) is 0 Å². The van der Waals surface area contributed by atoms with Gasteiger partial charge in [0, 0.05) is 0 Å². The minimum Gasteiger partial charge on any atom is -0.764 e. The third-order valence-corrected chi connectivity index (χ3v) is 0. The Labute approximate surface area is 44.9 Å². The molecule has 0 amide bonds. The molecule has 2 nitrogen and oxygen atoms in total. The second-order valence-electron chi connectivity index (χ2n) is 0.250. The van der Waals surface area contributed by atoms with Crippen LogP contribution in [0.15, 0.2) is 0 Å². The van der Waals surface area contributed by atoms with Crippen LogP contribution in [-0.4, -0.2) is 5.30 Å².